The molecule has 5 nitrogen and oxygen atoms in total. The Morgan fingerprint density at radius 2 is 2.06 bits per heavy atom. The van der Waals surface area contributed by atoms with Crippen molar-refractivity contribution in [1.82, 2.24) is 10.1 Å². The molecule has 0 spiro atoms. The summed E-state index contributed by atoms with van der Waals surface area (Å²) in [5.74, 6) is 3.84. The highest BCUT2D eigenvalue weighted by atomic mass is 32.2. The van der Waals surface area contributed by atoms with E-state index >= 15 is 0 Å². The fraction of sp³-hybridized carbons (Fsp3) is 0.833. The van der Waals surface area contributed by atoms with Gasteiger partial charge in [0.1, 0.15) is 0 Å². The number of aromatic nitrogens is 2. The van der Waals surface area contributed by atoms with Gasteiger partial charge in [0.25, 0.3) is 0 Å². The van der Waals surface area contributed by atoms with Gasteiger partial charge in [0.05, 0.1) is 11.5 Å². The molecule has 0 bridgehead atoms. The Kier molecular flexibility index (Phi) is 2.17. The molecule has 4 rings (SSSR count). The highest BCUT2D eigenvalue weighted by Crippen LogP contribution is 2.58. The van der Waals surface area contributed by atoms with Gasteiger partial charge in [-0.25, -0.2) is 8.42 Å². The SMILES string of the molecule is O=S1(=O)CCC(c2noc(C3CC3C3CC3)n2)C1. The van der Waals surface area contributed by atoms with E-state index in [0.717, 1.165) is 17.7 Å². The van der Waals surface area contributed by atoms with Crippen LogP contribution in [-0.2, 0) is 9.84 Å². The number of rotatable bonds is 3. The summed E-state index contributed by atoms with van der Waals surface area (Å²) in [6.45, 7) is 0. The van der Waals surface area contributed by atoms with E-state index in [1.165, 1.54) is 19.3 Å². The Hall–Kier alpha value is -0.910. The van der Waals surface area contributed by atoms with E-state index in [1.54, 1.807) is 0 Å². The first-order valence-electron chi connectivity index (χ1n) is 6.66. The summed E-state index contributed by atoms with van der Waals surface area (Å²) in [4.78, 5) is 4.44. The van der Waals surface area contributed by atoms with Crippen LogP contribution in [0.4, 0.5) is 0 Å². The molecule has 0 amide bonds. The monoisotopic (exact) mass is 268 g/mol. The predicted molar refractivity (Wildman–Crippen MR) is 63.9 cm³/mol. The maximum atomic E-state index is 11.4. The second-order valence-electron chi connectivity index (χ2n) is 5.93. The Bertz CT molecular complexity index is 576. The molecule has 3 aliphatic rings. The van der Waals surface area contributed by atoms with Crippen LogP contribution in [-0.4, -0.2) is 30.1 Å². The Balaban J connectivity index is 1.49. The molecule has 2 saturated carbocycles. The molecular formula is C12H16N2O3S. The van der Waals surface area contributed by atoms with Gasteiger partial charge in [-0.05, 0) is 37.5 Å². The Labute approximate surface area is 106 Å². The number of hydrogen-bond acceptors (Lipinski definition) is 5. The molecule has 3 unspecified atom stereocenters. The minimum absolute atomic E-state index is 0.0503. The van der Waals surface area contributed by atoms with Crippen molar-refractivity contribution >= 4 is 9.84 Å². The molecule has 18 heavy (non-hydrogen) atoms. The first kappa shape index (κ1) is 11.0. The van der Waals surface area contributed by atoms with Crippen LogP contribution >= 0.6 is 0 Å². The average molecular weight is 268 g/mol. The van der Waals surface area contributed by atoms with Crippen molar-refractivity contribution in [3.63, 3.8) is 0 Å². The van der Waals surface area contributed by atoms with Crippen molar-refractivity contribution in [2.75, 3.05) is 11.5 Å². The smallest absolute Gasteiger partial charge is 0.230 e. The normalized spacial score (nSPS) is 37.9. The summed E-state index contributed by atoms with van der Waals surface area (Å²) in [5.41, 5.74) is 0. The third kappa shape index (κ3) is 1.86. The lowest BCUT2D eigenvalue weighted by atomic mass is 10.1. The number of sulfone groups is 1. The second kappa shape index (κ2) is 3.56. The van der Waals surface area contributed by atoms with Crippen LogP contribution in [0.2, 0.25) is 0 Å². The highest BCUT2D eigenvalue weighted by Gasteiger charge is 2.51. The molecule has 98 valence electrons. The van der Waals surface area contributed by atoms with Gasteiger partial charge < -0.3 is 4.52 Å². The third-order valence-corrected chi connectivity index (χ3v) is 6.21. The van der Waals surface area contributed by atoms with Crippen molar-refractivity contribution in [3.05, 3.63) is 11.7 Å². The van der Waals surface area contributed by atoms with E-state index in [-0.39, 0.29) is 17.4 Å². The molecule has 1 aromatic rings. The summed E-state index contributed by atoms with van der Waals surface area (Å²) in [6.07, 6.45) is 4.51. The summed E-state index contributed by atoms with van der Waals surface area (Å²) in [6, 6.07) is 0. The first-order chi connectivity index (χ1) is 8.62. The Morgan fingerprint density at radius 1 is 1.22 bits per heavy atom. The van der Waals surface area contributed by atoms with Crippen LogP contribution in [0, 0.1) is 11.8 Å². The minimum Gasteiger partial charge on any atom is -0.339 e. The van der Waals surface area contributed by atoms with Crippen molar-refractivity contribution in [2.45, 2.75) is 37.5 Å². The lowest BCUT2D eigenvalue weighted by molar-refractivity contribution is 0.366. The highest BCUT2D eigenvalue weighted by molar-refractivity contribution is 7.91. The van der Waals surface area contributed by atoms with Gasteiger partial charge in [0.15, 0.2) is 15.7 Å². The fourth-order valence-electron chi connectivity index (χ4n) is 3.11. The summed E-state index contributed by atoms with van der Waals surface area (Å²) in [5, 5.41) is 3.99. The van der Waals surface area contributed by atoms with Crippen LogP contribution in [0.1, 0.15) is 49.2 Å². The zero-order valence-electron chi connectivity index (χ0n) is 10.1. The molecule has 3 fully saturated rings. The molecule has 1 aliphatic heterocycles. The van der Waals surface area contributed by atoms with Gasteiger partial charge in [-0.15, -0.1) is 0 Å². The summed E-state index contributed by atoms with van der Waals surface area (Å²) in [7, 11) is -2.87. The summed E-state index contributed by atoms with van der Waals surface area (Å²) < 4.78 is 28.2. The van der Waals surface area contributed by atoms with Crippen molar-refractivity contribution < 1.29 is 12.9 Å². The molecule has 2 heterocycles. The topological polar surface area (TPSA) is 73.1 Å². The van der Waals surface area contributed by atoms with Crippen molar-refractivity contribution in [3.8, 4) is 0 Å². The van der Waals surface area contributed by atoms with E-state index in [4.69, 9.17) is 4.52 Å². The predicted octanol–water partition coefficient (Wildman–Crippen LogP) is 1.49. The average Bonchev–Trinajstić information content (AvgIpc) is 3.21. The van der Waals surface area contributed by atoms with Crippen molar-refractivity contribution in [1.29, 1.82) is 0 Å². The van der Waals surface area contributed by atoms with Crippen LogP contribution in [0.5, 0.6) is 0 Å². The molecule has 1 aromatic heterocycles. The third-order valence-electron chi connectivity index (χ3n) is 4.44. The van der Waals surface area contributed by atoms with Gasteiger partial charge in [-0.3, -0.25) is 0 Å². The van der Waals surface area contributed by atoms with E-state index in [9.17, 15) is 8.42 Å². The second-order valence-corrected chi connectivity index (χ2v) is 8.16. The number of nitrogens with zero attached hydrogens (tertiary/aromatic N) is 2. The molecule has 0 aromatic carbocycles. The lowest BCUT2D eigenvalue weighted by Crippen LogP contribution is -2.05. The molecule has 1 saturated heterocycles. The van der Waals surface area contributed by atoms with Crippen LogP contribution in [0.25, 0.3) is 0 Å². The quantitative estimate of drug-likeness (QED) is 0.830. The van der Waals surface area contributed by atoms with Gasteiger partial charge in [-0.2, -0.15) is 4.98 Å². The van der Waals surface area contributed by atoms with E-state index in [2.05, 4.69) is 10.1 Å². The summed E-state index contributed by atoms with van der Waals surface area (Å²) >= 11 is 0. The van der Waals surface area contributed by atoms with E-state index < -0.39 is 9.84 Å². The molecule has 0 radical (unpaired) electrons. The molecule has 2 aliphatic carbocycles. The van der Waals surface area contributed by atoms with Gasteiger partial charge in [0.2, 0.25) is 5.89 Å². The van der Waals surface area contributed by atoms with Crippen LogP contribution in [0.3, 0.4) is 0 Å². The maximum Gasteiger partial charge on any atom is 0.230 e. The first-order valence-corrected chi connectivity index (χ1v) is 8.48. The maximum absolute atomic E-state index is 11.4. The molecular weight excluding hydrogens is 252 g/mol. The largest absolute Gasteiger partial charge is 0.339 e. The van der Waals surface area contributed by atoms with Crippen molar-refractivity contribution in [2.24, 2.45) is 11.8 Å². The minimum atomic E-state index is -2.87. The zero-order chi connectivity index (χ0) is 12.3. The van der Waals surface area contributed by atoms with Crippen LogP contribution < -0.4 is 0 Å². The van der Waals surface area contributed by atoms with E-state index in [0.29, 0.717) is 18.2 Å². The number of hydrogen-bond donors (Lipinski definition) is 0. The standard InChI is InChI=1S/C12H16N2O3S/c15-18(16)4-3-8(6-18)11-13-12(17-14-11)10-5-9(10)7-1-2-7/h7-10H,1-6H2. The van der Waals surface area contributed by atoms with Crippen LogP contribution in [0.15, 0.2) is 4.52 Å². The van der Waals surface area contributed by atoms with Gasteiger partial charge >= 0.3 is 0 Å². The lowest BCUT2D eigenvalue weighted by Gasteiger charge is -1.98. The molecule has 0 N–H and O–H groups in total. The molecule has 3 atom stereocenters. The fourth-order valence-corrected chi connectivity index (χ4v) is 4.85. The Morgan fingerprint density at radius 3 is 2.72 bits per heavy atom. The molecule has 6 heteroatoms. The zero-order valence-corrected chi connectivity index (χ0v) is 10.9. The van der Waals surface area contributed by atoms with Gasteiger partial charge in [0, 0.05) is 11.8 Å². The van der Waals surface area contributed by atoms with E-state index in [1.807, 2.05) is 0 Å². The van der Waals surface area contributed by atoms with Gasteiger partial charge in [-0.1, -0.05) is 5.16 Å².